The van der Waals surface area contributed by atoms with Gasteiger partial charge in [0.05, 0.1) is 5.75 Å². The number of carbonyl (C=O) groups is 1. The van der Waals surface area contributed by atoms with Crippen molar-refractivity contribution < 1.29 is 4.79 Å². The largest absolute Gasteiger partial charge is 0.355 e. The monoisotopic (exact) mass is 386 g/mol. The number of amides is 1. The van der Waals surface area contributed by atoms with E-state index in [0.717, 1.165) is 29.5 Å². The van der Waals surface area contributed by atoms with Crippen LogP contribution in [0.25, 0.3) is 0 Å². The molecule has 0 atom stereocenters. The van der Waals surface area contributed by atoms with Crippen molar-refractivity contribution in [1.29, 1.82) is 0 Å². The van der Waals surface area contributed by atoms with Crippen molar-refractivity contribution in [3.8, 4) is 0 Å². The minimum Gasteiger partial charge on any atom is -0.355 e. The van der Waals surface area contributed by atoms with Crippen LogP contribution in [0.1, 0.15) is 82.0 Å². The highest BCUT2D eigenvalue weighted by molar-refractivity contribution is 7.99. The van der Waals surface area contributed by atoms with Crippen molar-refractivity contribution >= 4 is 17.7 Å². The van der Waals surface area contributed by atoms with Crippen LogP contribution >= 0.6 is 11.8 Å². The van der Waals surface area contributed by atoms with E-state index in [4.69, 9.17) is 0 Å². The lowest BCUT2D eigenvalue weighted by molar-refractivity contribution is -0.120. The summed E-state index contributed by atoms with van der Waals surface area (Å²) in [5, 5.41) is 13.1. The van der Waals surface area contributed by atoms with Gasteiger partial charge in [-0.05, 0) is 87.4 Å². The first kappa shape index (κ1) is 16.9. The Morgan fingerprint density at radius 2 is 1.70 bits per heavy atom. The van der Waals surface area contributed by atoms with Gasteiger partial charge in [-0.3, -0.25) is 4.79 Å². The highest BCUT2D eigenvalue weighted by Crippen LogP contribution is 2.59. The first-order valence-corrected chi connectivity index (χ1v) is 12.0. The number of nitrogens with one attached hydrogen (secondary N) is 1. The van der Waals surface area contributed by atoms with Gasteiger partial charge in [-0.25, -0.2) is 0 Å². The summed E-state index contributed by atoms with van der Waals surface area (Å²) in [5.74, 6) is 5.28. The zero-order valence-corrected chi connectivity index (χ0v) is 16.8. The van der Waals surface area contributed by atoms with Gasteiger partial charge >= 0.3 is 0 Å². The maximum Gasteiger partial charge on any atom is 0.230 e. The summed E-state index contributed by atoms with van der Waals surface area (Å²) in [6.45, 7) is 0.901. The molecule has 1 amide bonds. The molecule has 0 radical (unpaired) electrons. The molecule has 0 aromatic carbocycles. The fraction of sp³-hybridized carbons (Fsp3) is 0.857. The molecule has 0 spiro atoms. The van der Waals surface area contributed by atoms with E-state index in [-0.39, 0.29) is 5.91 Å². The summed E-state index contributed by atoms with van der Waals surface area (Å²) < 4.78 is 2.34. The molecule has 0 unspecified atom stereocenters. The Bertz CT molecular complexity index is 716. The van der Waals surface area contributed by atoms with Crippen LogP contribution in [0.15, 0.2) is 5.16 Å². The molecule has 1 heterocycles. The molecule has 6 heteroatoms. The van der Waals surface area contributed by atoms with E-state index in [1.165, 1.54) is 70.0 Å². The van der Waals surface area contributed by atoms with Gasteiger partial charge in [0, 0.05) is 18.5 Å². The Labute approximate surface area is 165 Å². The van der Waals surface area contributed by atoms with E-state index in [2.05, 4.69) is 20.1 Å². The SMILES string of the molecule is O=C(CSc1nnc(C2CC2)n1C1CC1)NCC12CC3CC(CC(C3)C1)C2. The van der Waals surface area contributed by atoms with Gasteiger partial charge in [-0.2, -0.15) is 0 Å². The molecule has 4 bridgehead atoms. The van der Waals surface area contributed by atoms with Gasteiger partial charge in [-0.15, -0.1) is 10.2 Å². The minimum atomic E-state index is 0.175. The van der Waals surface area contributed by atoms with Crippen LogP contribution in [0.2, 0.25) is 0 Å². The van der Waals surface area contributed by atoms with Gasteiger partial charge in [0.25, 0.3) is 0 Å². The molecule has 1 N–H and O–H groups in total. The number of aromatic nitrogens is 3. The van der Waals surface area contributed by atoms with Crippen molar-refractivity contribution in [3.63, 3.8) is 0 Å². The fourth-order valence-corrected chi connectivity index (χ4v) is 7.50. The first-order chi connectivity index (χ1) is 13.2. The van der Waals surface area contributed by atoms with Crippen molar-refractivity contribution in [1.82, 2.24) is 20.1 Å². The lowest BCUT2D eigenvalue weighted by Gasteiger charge is -2.56. The van der Waals surface area contributed by atoms with Gasteiger partial charge in [0.1, 0.15) is 5.82 Å². The van der Waals surface area contributed by atoms with Crippen molar-refractivity contribution in [3.05, 3.63) is 5.82 Å². The van der Waals surface area contributed by atoms with Crippen LogP contribution in [0.5, 0.6) is 0 Å². The highest BCUT2D eigenvalue weighted by Gasteiger charge is 2.50. The molecule has 5 nitrogen and oxygen atoms in total. The van der Waals surface area contributed by atoms with Crippen molar-refractivity contribution in [2.75, 3.05) is 12.3 Å². The third kappa shape index (κ3) is 3.22. The lowest BCUT2D eigenvalue weighted by Crippen LogP contribution is -2.51. The van der Waals surface area contributed by atoms with Crippen LogP contribution in [0.3, 0.4) is 0 Å². The van der Waals surface area contributed by atoms with E-state index in [0.29, 0.717) is 23.1 Å². The molecule has 6 saturated carbocycles. The predicted molar refractivity (Wildman–Crippen MR) is 105 cm³/mol. The number of hydrogen-bond donors (Lipinski definition) is 1. The normalized spacial score (nSPS) is 37.0. The van der Waals surface area contributed by atoms with E-state index in [1.807, 2.05) is 0 Å². The first-order valence-electron chi connectivity index (χ1n) is 11.0. The minimum absolute atomic E-state index is 0.175. The molecule has 6 aliphatic carbocycles. The average Bonchev–Trinajstić information content (AvgIpc) is 3.56. The van der Waals surface area contributed by atoms with Gasteiger partial charge in [-0.1, -0.05) is 11.8 Å². The molecule has 27 heavy (non-hydrogen) atoms. The predicted octanol–water partition coefficient (Wildman–Crippen LogP) is 3.92. The van der Waals surface area contributed by atoms with E-state index in [1.54, 1.807) is 11.8 Å². The highest BCUT2D eigenvalue weighted by atomic mass is 32.2. The molecule has 0 saturated heterocycles. The fourth-order valence-electron chi connectivity index (χ4n) is 6.66. The van der Waals surface area contributed by atoms with Crippen LogP contribution in [-0.4, -0.2) is 33.0 Å². The Morgan fingerprint density at radius 1 is 1.04 bits per heavy atom. The topological polar surface area (TPSA) is 59.8 Å². The maximum absolute atomic E-state index is 12.6. The third-order valence-corrected chi connectivity index (χ3v) is 8.65. The van der Waals surface area contributed by atoms with Crippen LogP contribution in [0.4, 0.5) is 0 Å². The van der Waals surface area contributed by atoms with Crippen molar-refractivity contribution in [2.45, 2.75) is 81.3 Å². The summed E-state index contributed by atoms with van der Waals surface area (Å²) in [6.07, 6.45) is 13.4. The van der Waals surface area contributed by atoms with Gasteiger partial charge in [0.15, 0.2) is 5.16 Å². The van der Waals surface area contributed by atoms with Gasteiger partial charge < -0.3 is 9.88 Å². The van der Waals surface area contributed by atoms with Crippen LogP contribution in [-0.2, 0) is 4.79 Å². The molecular formula is C21H30N4OS. The summed E-state index contributed by atoms with van der Waals surface area (Å²) >= 11 is 1.58. The molecule has 6 aliphatic rings. The zero-order valence-electron chi connectivity index (χ0n) is 16.0. The molecule has 1 aromatic heterocycles. The van der Waals surface area contributed by atoms with Crippen molar-refractivity contribution in [2.24, 2.45) is 23.2 Å². The van der Waals surface area contributed by atoms with E-state index < -0.39 is 0 Å². The Kier molecular flexibility index (Phi) is 3.89. The molecule has 6 fully saturated rings. The lowest BCUT2D eigenvalue weighted by atomic mass is 9.49. The van der Waals surface area contributed by atoms with E-state index >= 15 is 0 Å². The average molecular weight is 387 g/mol. The molecule has 7 rings (SSSR count). The summed E-state index contributed by atoms with van der Waals surface area (Å²) in [4.78, 5) is 12.6. The number of carbonyl (C=O) groups excluding carboxylic acids is 1. The quantitative estimate of drug-likeness (QED) is 0.722. The summed E-state index contributed by atoms with van der Waals surface area (Å²) in [6, 6.07) is 0.591. The number of nitrogens with zero attached hydrogens (tertiary/aromatic N) is 3. The molecule has 1 aromatic rings. The summed E-state index contributed by atoms with van der Waals surface area (Å²) in [5.41, 5.74) is 0.419. The Hall–Kier alpha value is -1.04. The summed E-state index contributed by atoms with van der Waals surface area (Å²) in [7, 11) is 0. The van der Waals surface area contributed by atoms with Gasteiger partial charge in [0.2, 0.25) is 5.91 Å². The Morgan fingerprint density at radius 3 is 2.30 bits per heavy atom. The van der Waals surface area contributed by atoms with E-state index in [9.17, 15) is 4.79 Å². The molecule has 146 valence electrons. The third-order valence-electron chi connectivity index (χ3n) is 7.70. The maximum atomic E-state index is 12.6. The molecular weight excluding hydrogens is 356 g/mol. The van der Waals surface area contributed by atoms with Crippen LogP contribution in [0, 0.1) is 23.2 Å². The number of rotatable bonds is 7. The second-order valence-electron chi connectivity index (χ2n) is 10.2. The number of hydrogen-bond acceptors (Lipinski definition) is 4. The molecule has 0 aliphatic heterocycles. The Balaban J connectivity index is 1.06. The smallest absolute Gasteiger partial charge is 0.230 e. The van der Waals surface area contributed by atoms with Crippen LogP contribution < -0.4 is 5.32 Å². The standard InChI is InChI=1S/C21H30N4OS/c26-18(22-12-21-8-13-5-14(9-21)7-15(6-13)10-21)11-27-20-24-23-19(16-1-2-16)25(20)17-3-4-17/h13-17H,1-12H2,(H,22,26). The zero-order chi connectivity index (χ0) is 18.0. The number of thioether (sulfide) groups is 1. The second kappa shape index (κ2) is 6.23. The second-order valence-corrected chi connectivity index (χ2v) is 11.1.